The standard InChI is InChI=1S/C18H18N2O3/c1-20(2)14-7-5-13(6-8-14)12-16-18(21)23-17(19-16)10-9-15-4-3-11-22-15/h3-8,11-12H,9-10H2,1-2H3/b16-12+. The molecule has 0 saturated carbocycles. The fraction of sp³-hybridized carbons (Fsp3) is 0.222. The molecule has 0 spiro atoms. The molecule has 1 aromatic carbocycles. The van der Waals surface area contributed by atoms with E-state index in [2.05, 4.69) is 4.99 Å². The molecule has 0 saturated heterocycles. The van der Waals surface area contributed by atoms with Gasteiger partial charge in [0, 0.05) is 32.6 Å². The molecule has 5 nitrogen and oxygen atoms in total. The van der Waals surface area contributed by atoms with E-state index in [9.17, 15) is 4.79 Å². The van der Waals surface area contributed by atoms with E-state index < -0.39 is 5.97 Å². The van der Waals surface area contributed by atoms with Gasteiger partial charge >= 0.3 is 5.97 Å². The first-order valence-corrected chi connectivity index (χ1v) is 7.43. The van der Waals surface area contributed by atoms with E-state index in [1.807, 2.05) is 55.4 Å². The lowest BCUT2D eigenvalue weighted by atomic mass is 10.1. The molecule has 2 aromatic rings. The lowest BCUT2D eigenvalue weighted by Gasteiger charge is -2.11. The monoisotopic (exact) mass is 310 g/mol. The van der Waals surface area contributed by atoms with Crippen molar-refractivity contribution < 1.29 is 13.9 Å². The van der Waals surface area contributed by atoms with E-state index in [0.29, 0.717) is 24.4 Å². The Kier molecular flexibility index (Phi) is 4.28. The zero-order chi connectivity index (χ0) is 16.2. The third-order valence-electron chi connectivity index (χ3n) is 3.54. The highest BCUT2D eigenvalue weighted by atomic mass is 16.6. The number of aliphatic imine (C=N–C) groups is 1. The van der Waals surface area contributed by atoms with Crippen LogP contribution in [0.15, 0.2) is 57.8 Å². The second-order valence-electron chi connectivity index (χ2n) is 5.49. The van der Waals surface area contributed by atoms with Gasteiger partial charge in [0.2, 0.25) is 0 Å². The van der Waals surface area contributed by atoms with Crippen LogP contribution >= 0.6 is 0 Å². The highest BCUT2D eigenvalue weighted by Crippen LogP contribution is 2.19. The van der Waals surface area contributed by atoms with Gasteiger partial charge in [-0.15, -0.1) is 0 Å². The van der Waals surface area contributed by atoms with Crippen molar-refractivity contribution >= 4 is 23.6 Å². The molecule has 0 aliphatic carbocycles. The van der Waals surface area contributed by atoms with Gasteiger partial charge in [-0.3, -0.25) is 0 Å². The van der Waals surface area contributed by atoms with Crippen LogP contribution in [-0.4, -0.2) is 26.0 Å². The highest BCUT2D eigenvalue weighted by Gasteiger charge is 2.22. The van der Waals surface area contributed by atoms with Gasteiger partial charge in [0.15, 0.2) is 11.6 Å². The first-order chi connectivity index (χ1) is 11.1. The van der Waals surface area contributed by atoms with E-state index in [4.69, 9.17) is 9.15 Å². The number of hydrogen-bond acceptors (Lipinski definition) is 5. The molecule has 1 aromatic heterocycles. The van der Waals surface area contributed by atoms with Gasteiger partial charge in [-0.25, -0.2) is 9.79 Å². The molecule has 0 amide bonds. The van der Waals surface area contributed by atoms with Crippen molar-refractivity contribution in [3.63, 3.8) is 0 Å². The summed E-state index contributed by atoms with van der Waals surface area (Å²) in [6, 6.07) is 11.6. The summed E-state index contributed by atoms with van der Waals surface area (Å²) in [5.41, 5.74) is 2.35. The Morgan fingerprint density at radius 1 is 1.13 bits per heavy atom. The third-order valence-corrected chi connectivity index (χ3v) is 3.54. The number of furan rings is 1. The predicted molar refractivity (Wildman–Crippen MR) is 89.3 cm³/mol. The van der Waals surface area contributed by atoms with Crippen LogP contribution in [-0.2, 0) is 16.0 Å². The normalized spacial score (nSPS) is 15.7. The molecular weight excluding hydrogens is 292 g/mol. The number of hydrogen-bond donors (Lipinski definition) is 0. The number of ether oxygens (including phenoxy) is 1. The Bertz CT molecular complexity index is 741. The number of esters is 1. The van der Waals surface area contributed by atoms with Crippen LogP contribution in [0.2, 0.25) is 0 Å². The molecule has 1 aliphatic heterocycles. The summed E-state index contributed by atoms with van der Waals surface area (Å²) in [4.78, 5) is 18.2. The summed E-state index contributed by atoms with van der Waals surface area (Å²) >= 11 is 0. The fourth-order valence-corrected chi connectivity index (χ4v) is 2.27. The van der Waals surface area contributed by atoms with Crippen molar-refractivity contribution in [2.24, 2.45) is 4.99 Å². The fourth-order valence-electron chi connectivity index (χ4n) is 2.27. The summed E-state index contributed by atoms with van der Waals surface area (Å²) < 4.78 is 10.5. The molecule has 23 heavy (non-hydrogen) atoms. The maximum absolute atomic E-state index is 11.9. The van der Waals surface area contributed by atoms with Crippen LogP contribution in [0.25, 0.3) is 6.08 Å². The number of anilines is 1. The molecule has 0 bridgehead atoms. The van der Waals surface area contributed by atoms with Crippen molar-refractivity contribution in [2.75, 3.05) is 19.0 Å². The minimum absolute atomic E-state index is 0.331. The van der Waals surface area contributed by atoms with Crippen molar-refractivity contribution in [3.8, 4) is 0 Å². The van der Waals surface area contributed by atoms with E-state index in [0.717, 1.165) is 17.0 Å². The number of nitrogens with zero attached hydrogens (tertiary/aromatic N) is 2. The number of benzene rings is 1. The van der Waals surface area contributed by atoms with Gasteiger partial charge in [0.05, 0.1) is 6.26 Å². The lowest BCUT2D eigenvalue weighted by Crippen LogP contribution is -2.08. The number of cyclic esters (lactones) is 1. The van der Waals surface area contributed by atoms with Crippen molar-refractivity contribution in [3.05, 3.63) is 59.7 Å². The minimum Gasteiger partial charge on any atom is -0.469 e. The quantitative estimate of drug-likeness (QED) is 0.628. The third kappa shape index (κ3) is 3.69. The Morgan fingerprint density at radius 3 is 2.57 bits per heavy atom. The van der Waals surface area contributed by atoms with Crippen LogP contribution in [0.5, 0.6) is 0 Å². The van der Waals surface area contributed by atoms with Crippen LogP contribution in [0, 0.1) is 0 Å². The zero-order valence-corrected chi connectivity index (χ0v) is 13.2. The summed E-state index contributed by atoms with van der Waals surface area (Å²) in [5, 5.41) is 0. The number of rotatable bonds is 5. The Morgan fingerprint density at radius 2 is 1.91 bits per heavy atom. The van der Waals surface area contributed by atoms with E-state index in [1.54, 1.807) is 12.3 Å². The molecule has 2 heterocycles. The van der Waals surface area contributed by atoms with E-state index >= 15 is 0 Å². The molecule has 118 valence electrons. The number of carbonyl (C=O) groups is 1. The SMILES string of the molecule is CN(C)c1ccc(/C=C2/N=C(CCc3ccco3)OC2=O)cc1. The summed E-state index contributed by atoms with van der Waals surface area (Å²) in [5.74, 6) is 0.874. The molecule has 1 aliphatic rings. The summed E-state index contributed by atoms with van der Waals surface area (Å²) in [6.07, 6.45) is 4.56. The molecule has 0 unspecified atom stereocenters. The zero-order valence-electron chi connectivity index (χ0n) is 13.2. The Balaban J connectivity index is 1.69. The highest BCUT2D eigenvalue weighted by molar-refractivity contribution is 6.07. The largest absolute Gasteiger partial charge is 0.469 e. The average molecular weight is 310 g/mol. The maximum Gasteiger partial charge on any atom is 0.363 e. The molecule has 5 heteroatoms. The first-order valence-electron chi connectivity index (χ1n) is 7.43. The second-order valence-corrected chi connectivity index (χ2v) is 5.49. The number of aryl methyl sites for hydroxylation is 1. The Labute approximate surface area is 134 Å². The van der Waals surface area contributed by atoms with E-state index in [1.165, 1.54) is 0 Å². The van der Waals surface area contributed by atoms with Gasteiger partial charge < -0.3 is 14.1 Å². The average Bonchev–Trinajstić information content (AvgIpc) is 3.16. The van der Waals surface area contributed by atoms with Crippen molar-refractivity contribution in [2.45, 2.75) is 12.8 Å². The predicted octanol–water partition coefficient (Wildman–Crippen LogP) is 3.27. The van der Waals surface area contributed by atoms with Crippen molar-refractivity contribution in [1.29, 1.82) is 0 Å². The summed E-state index contributed by atoms with van der Waals surface area (Å²) in [7, 11) is 3.97. The van der Waals surface area contributed by atoms with Crippen LogP contribution < -0.4 is 4.90 Å². The molecule has 0 N–H and O–H groups in total. The van der Waals surface area contributed by atoms with Gasteiger partial charge in [-0.1, -0.05) is 12.1 Å². The first kappa shape index (κ1) is 15.1. The van der Waals surface area contributed by atoms with Crippen molar-refractivity contribution in [1.82, 2.24) is 0 Å². The van der Waals surface area contributed by atoms with Crippen LogP contribution in [0.1, 0.15) is 17.7 Å². The second kappa shape index (κ2) is 6.52. The van der Waals surface area contributed by atoms with Gasteiger partial charge in [-0.2, -0.15) is 0 Å². The van der Waals surface area contributed by atoms with Gasteiger partial charge in [0.1, 0.15) is 5.76 Å². The summed E-state index contributed by atoms with van der Waals surface area (Å²) in [6.45, 7) is 0. The topological polar surface area (TPSA) is 55.0 Å². The molecule has 0 fully saturated rings. The number of carbonyl (C=O) groups excluding carboxylic acids is 1. The van der Waals surface area contributed by atoms with E-state index in [-0.39, 0.29) is 0 Å². The lowest BCUT2D eigenvalue weighted by molar-refractivity contribution is -0.130. The smallest absolute Gasteiger partial charge is 0.363 e. The Hall–Kier alpha value is -2.82. The molecule has 0 atom stereocenters. The molecule has 3 rings (SSSR count). The molecule has 0 radical (unpaired) electrons. The van der Waals surface area contributed by atoms with Gasteiger partial charge in [0.25, 0.3) is 0 Å². The maximum atomic E-state index is 11.9. The van der Waals surface area contributed by atoms with Gasteiger partial charge in [-0.05, 0) is 35.9 Å². The molecular formula is C18H18N2O3. The van der Waals surface area contributed by atoms with Crippen LogP contribution in [0.3, 0.4) is 0 Å². The minimum atomic E-state index is -0.406. The van der Waals surface area contributed by atoms with Crippen LogP contribution in [0.4, 0.5) is 5.69 Å².